The predicted octanol–water partition coefficient (Wildman–Crippen LogP) is 5.69. The van der Waals surface area contributed by atoms with Gasteiger partial charge in [-0.15, -0.1) is 0 Å². The molecule has 0 spiro atoms. The molecule has 0 aromatic heterocycles. The monoisotopic (exact) mass is 542 g/mol. The summed E-state index contributed by atoms with van der Waals surface area (Å²) in [4.78, 5) is 22.7. The van der Waals surface area contributed by atoms with Crippen molar-refractivity contribution in [1.29, 1.82) is 0 Å². The maximum atomic E-state index is 11.7. The molecule has 0 fully saturated rings. The molecule has 2 aromatic rings. The van der Waals surface area contributed by atoms with Crippen LogP contribution in [0.15, 0.2) is 36.4 Å². The first kappa shape index (κ1) is 30.4. The molecule has 2 atom stereocenters. The van der Waals surface area contributed by atoms with Crippen molar-refractivity contribution in [2.75, 3.05) is 34.5 Å². The molecule has 0 N–H and O–H groups in total. The maximum Gasteiger partial charge on any atom is 0.344 e. The zero-order chi connectivity index (χ0) is 28.4. The van der Waals surface area contributed by atoms with Gasteiger partial charge in [-0.25, -0.2) is 9.59 Å². The number of hydrogen-bond donors (Lipinski definition) is 0. The number of aryl methyl sites for hydroxylation is 2. The molecular weight excluding hydrogens is 500 g/mol. The van der Waals surface area contributed by atoms with Crippen molar-refractivity contribution >= 4 is 11.9 Å². The molecule has 39 heavy (non-hydrogen) atoms. The van der Waals surface area contributed by atoms with Crippen molar-refractivity contribution in [1.82, 2.24) is 0 Å². The highest BCUT2D eigenvalue weighted by Gasteiger charge is 2.22. The van der Waals surface area contributed by atoms with E-state index in [1.165, 1.54) is 29.4 Å². The molecular formula is C31H42O8. The molecule has 8 heteroatoms. The Kier molecular flexibility index (Phi) is 11.2. The third-order valence-electron chi connectivity index (χ3n) is 6.68. The fourth-order valence-electron chi connectivity index (χ4n) is 4.85. The first-order chi connectivity index (χ1) is 18.6. The lowest BCUT2D eigenvalue weighted by Gasteiger charge is -2.25. The van der Waals surface area contributed by atoms with E-state index in [2.05, 4.69) is 10.8 Å². The van der Waals surface area contributed by atoms with E-state index < -0.39 is 5.60 Å². The number of carbonyl (C=O) groups excluding carboxylic acids is 2. The van der Waals surface area contributed by atoms with E-state index in [0.29, 0.717) is 11.5 Å². The van der Waals surface area contributed by atoms with Crippen LogP contribution < -0.4 is 9.47 Å². The van der Waals surface area contributed by atoms with E-state index in [-0.39, 0.29) is 37.4 Å². The summed E-state index contributed by atoms with van der Waals surface area (Å²) in [5.74, 6) is 0.631. The summed E-state index contributed by atoms with van der Waals surface area (Å²) >= 11 is 0. The van der Waals surface area contributed by atoms with Gasteiger partial charge in [0.05, 0.1) is 19.3 Å². The number of ether oxygens (including phenoxy) is 6. The highest BCUT2D eigenvalue weighted by molar-refractivity contribution is 5.71. The van der Waals surface area contributed by atoms with E-state index in [1.54, 1.807) is 14.2 Å². The van der Waals surface area contributed by atoms with Crippen LogP contribution in [0, 0.1) is 0 Å². The maximum absolute atomic E-state index is 11.7. The summed E-state index contributed by atoms with van der Waals surface area (Å²) in [7, 11) is 4.80. The van der Waals surface area contributed by atoms with Crippen LogP contribution in [-0.2, 0) is 41.4 Å². The standard InChI is InChI=1S/C17H24O4.C14H18O4/c1-17(2,3)21-16(18)11-20-13-9-8-12-6-5-7-15(19-4)14(12)10-13;1-16-13-5-3-4-10-6-7-11(8-12(10)13)18-9-14(15)17-2/h8-10,15H,5-7,11H2,1-4H3;6-8,13H,3-5,9H2,1-2H3. The molecule has 8 nitrogen and oxygen atoms in total. The minimum absolute atomic E-state index is 0.0626. The van der Waals surface area contributed by atoms with Gasteiger partial charge in [0.1, 0.15) is 17.1 Å². The molecule has 0 bridgehead atoms. The summed E-state index contributed by atoms with van der Waals surface area (Å²) in [6.07, 6.45) is 6.75. The van der Waals surface area contributed by atoms with Crippen LogP contribution in [0.25, 0.3) is 0 Å². The van der Waals surface area contributed by atoms with Crippen LogP contribution in [0.2, 0.25) is 0 Å². The fourth-order valence-corrected chi connectivity index (χ4v) is 4.85. The van der Waals surface area contributed by atoms with Crippen molar-refractivity contribution in [3.63, 3.8) is 0 Å². The second-order valence-corrected chi connectivity index (χ2v) is 10.7. The van der Waals surface area contributed by atoms with E-state index in [1.807, 2.05) is 51.1 Å². The van der Waals surface area contributed by atoms with Gasteiger partial charge in [-0.2, -0.15) is 0 Å². The normalized spacial score (nSPS) is 18.0. The highest BCUT2D eigenvalue weighted by Crippen LogP contribution is 2.35. The van der Waals surface area contributed by atoms with Crippen molar-refractivity contribution < 1.29 is 38.0 Å². The quantitative estimate of drug-likeness (QED) is 0.393. The molecule has 0 amide bonds. The van der Waals surface area contributed by atoms with Crippen LogP contribution in [-0.4, -0.2) is 52.1 Å². The summed E-state index contributed by atoms with van der Waals surface area (Å²) in [6.45, 7) is 5.38. The van der Waals surface area contributed by atoms with Gasteiger partial charge < -0.3 is 28.4 Å². The summed E-state index contributed by atoms with van der Waals surface area (Å²) in [5.41, 5.74) is 4.46. The van der Waals surface area contributed by atoms with Crippen molar-refractivity contribution in [3.8, 4) is 11.5 Å². The van der Waals surface area contributed by atoms with Crippen molar-refractivity contribution in [2.24, 2.45) is 0 Å². The lowest BCUT2D eigenvalue weighted by molar-refractivity contribution is -0.157. The van der Waals surface area contributed by atoms with Crippen LogP contribution in [0.4, 0.5) is 0 Å². The number of methoxy groups -OCH3 is 3. The van der Waals surface area contributed by atoms with Gasteiger partial charge in [-0.1, -0.05) is 12.1 Å². The Balaban J connectivity index is 0.000000218. The van der Waals surface area contributed by atoms with Gasteiger partial charge in [0, 0.05) is 14.2 Å². The second-order valence-electron chi connectivity index (χ2n) is 10.7. The van der Waals surface area contributed by atoms with Crippen molar-refractivity contribution in [3.05, 3.63) is 58.7 Å². The first-order valence-corrected chi connectivity index (χ1v) is 13.5. The number of esters is 2. The van der Waals surface area contributed by atoms with Crippen LogP contribution >= 0.6 is 0 Å². The molecule has 2 aliphatic rings. The third kappa shape index (κ3) is 9.25. The van der Waals surface area contributed by atoms with Gasteiger partial charge in [0.25, 0.3) is 0 Å². The topological polar surface area (TPSA) is 89.5 Å². The average molecular weight is 543 g/mol. The number of benzene rings is 2. The van der Waals surface area contributed by atoms with Gasteiger partial charge in [-0.3, -0.25) is 0 Å². The van der Waals surface area contributed by atoms with Gasteiger partial charge >= 0.3 is 11.9 Å². The molecule has 2 aromatic carbocycles. The Morgan fingerprint density at radius 1 is 0.744 bits per heavy atom. The molecule has 0 heterocycles. The zero-order valence-corrected chi connectivity index (χ0v) is 24.0. The van der Waals surface area contributed by atoms with E-state index in [0.717, 1.165) is 38.5 Å². The number of rotatable bonds is 8. The molecule has 0 saturated heterocycles. The molecule has 0 radical (unpaired) electrons. The number of hydrogen-bond acceptors (Lipinski definition) is 8. The largest absolute Gasteiger partial charge is 0.482 e. The molecule has 0 saturated carbocycles. The summed E-state index contributed by atoms with van der Waals surface area (Å²) < 4.78 is 31.7. The van der Waals surface area contributed by atoms with Crippen LogP contribution in [0.3, 0.4) is 0 Å². The predicted molar refractivity (Wildman–Crippen MR) is 147 cm³/mol. The third-order valence-corrected chi connectivity index (χ3v) is 6.68. The van der Waals surface area contributed by atoms with Gasteiger partial charge in [0.15, 0.2) is 13.2 Å². The minimum atomic E-state index is -0.489. The van der Waals surface area contributed by atoms with Gasteiger partial charge in [0.2, 0.25) is 0 Å². The van der Waals surface area contributed by atoms with Gasteiger partial charge in [-0.05, 0) is 106 Å². The summed E-state index contributed by atoms with van der Waals surface area (Å²) in [6, 6.07) is 11.8. The fraction of sp³-hybridized carbons (Fsp3) is 0.548. The highest BCUT2D eigenvalue weighted by atomic mass is 16.6. The zero-order valence-electron chi connectivity index (χ0n) is 24.0. The lowest BCUT2D eigenvalue weighted by atomic mass is 9.89. The number of fused-ring (bicyclic) bond motifs is 2. The van der Waals surface area contributed by atoms with Crippen molar-refractivity contribution in [2.45, 2.75) is 77.1 Å². The average Bonchev–Trinajstić information content (AvgIpc) is 2.93. The lowest BCUT2D eigenvalue weighted by Crippen LogP contribution is -2.27. The van der Waals surface area contributed by atoms with E-state index >= 15 is 0 Å². The Hall–Kier alpha value is -3.10. The second kappa shape index (κ2) is 14.3. The Bertz CT molecular complexity index is 1100. The smallest absolute Gasteiger partial charge is 0.344 e. The van der Waals surface area contributed by atoms with Crippen LogP contribution in [0.1, 0.15) is 80.9 Å². The van der Waals surface area contributed by atoms with E-state index in [9.17, 15) is 9.59 Å². The molecule has 2 unspecified atom stereocenters. The Morgan fingerprint density at radius 2 is 1.21 bits per heavy atom. The SMILES string of the molecule is COC(=O)COc1ccc2c(c1)C(OC)CCC2.COC1CCCc2ccc(OCC(=O)OC(C)(C)C)cc21. The minimum Gasteiger partial charge on any atom is -0.482 e. The molecule has 0 aliphatic heterocycles. The van der Waals surface area contributed by atoms with E-state index in [4.69, 9.17) is 23.7 Å². The Morgan fingerprint density at radius 3 is 1.62 bits per heavy atom. The summed E-state index contributed by atoms with van der Waals surface area (Å²) in [5, 5.41) is 0. The Labute approximate surface area is 231 Å². The molecule has 2 aliphatic carbocycles. The molecule has 214 valence electrons. The number of carbonyl (C=O) groups is 2. The molecule has 4 rings (SSSR count). The first-order valence-electron chi connectivity index (χ1n) is 13.5. The van der Waals surface area contributed by atoms with Crippen LogP contribution in [0.5, 0.6) is 11.5 Å².